The molecule has 4 aliphatic carbocycles. The molecule has 0 spiro atoms. The first-order valence-electron chi connectivity index (χ1n) is 9.11. The third kappa shape index (κ3) is 1.80. The number of hydrogen-bond acceptors (Lipinski definition) is 2. The van der Waals surface area contributed by atoms with E-state index in [1.165, 1.54) is 6.42 Å². The van der Waals surface area contributed by atoms with Crippen molar-refractivity contribution in [3.8, 4) is 0 Å². The van der Waals surface area contributed by atoms with E-state index >= 15 is 0 Å². The lowest BCUT2D eigenvalue weighted by Crippen LogP contribution is -2.49. The van der Waals surface area contributed by atoms with Gasteiger partial charge in [-0.05, 0) is 68.6 Å². The van der Waals surface area contributed by atoms with Crippen LogP contribution in [0.4, 0.5) is 0 Å². The zero-order chi connectivity index (χ0) is 15.7. The van der Waals surface area contributed by atoms with Crippen molar-refractivity contribution in [2.45, 2.75) is 71.5 Å². The Kier molecular flexibility index (Phi) is 3.20. The molecule has 0 aromatic heterocycles. The van der Waals surface area contributed by atoms with Crippen LogP contribution in [0.15, 0.2) is 23.3 Å². The minimum atomic E-state index is -0.255. The van der Waals surface area contributed by atoms with Crippen molar-refractivity contribution < 1.29 is 10.2 Å². The smallest absolute Gasteiger partial charge is 0.0724 e. The quantitative estimate of drug-likeness (QED) is 0.668. The number of aliphatic hydroxyl groups excluding tert-OH is 2. The number of allylic oxidation sites excluding steroid dienone is 3. The first kappa shape index (κ1) is 15.0. The molecule has 0 aromatic carbocycles. The van der Waals surface area contributed by atoms with Crippen LogP contribution in [0.2, 0.25) is 0 Å². The van der Waals surface area contributed by atoms with Gasteiger partial charge in [0, 0.05) is 5.41 Å². The van der Waals surface area contributed by atoms with E-state index in [-0.39, 0.29) is 23.0 Å². The van der Waals surface area contributed by atoms with Crippen LogP contribution in [0.3, 0.4) is 0 Å². The molecule has 2 nitrogen and oxygen atoms in total. The fourth-order valence-corrected chi connectivity index (χ4v) is 6.43. The molecule has 4 rings (SSSR count). The van der Waals surface area contributed by atoms with Crippen LogP contribution >= 0.6 is 0 Å². The molecule has 0 heterocycles. The summed E-state index contributed by atoms with van der Waals surface area (Å²) in [4.78, 5) is 0. The van der Waals surface area contributed by atoms with Crippen LogP contribution in [0.5, 0.6) is 0 Å². The number of aliphatic hydroxyl groups is 2. The maximum absolute atomic E-state index is 10.5. The number of rotatable bonds is 0. The topological polar surface area (TPSA) is 40.5 Å². The normalized spacial score (nSPS) is 54.0. The van der Waals surface area contributed by atoms with E-state index in [0.29, 0.717) is 17.8 Å². The van der Waals surface area contributed by atoms with E-state index in [9.17, 15) is 10.2 Å². The summed E-state index contributed by atoms with van der Waals surface area (Å²) in [6.45, 7) is 7.06. The van der Waals surface area contributed by atoms with Gasteiger partial charge in [0.05, 0.1) is 12.2 Å². The van der Waals surface area contributed by atoms with E-state index in [1.54, 1.807) is 11.1 Å². The van der Waals surface area contributed by atoms with Gasteiger partial charge < -0.3 is 10.2 Å². The van der Waals surface area contributed by atoms with Gasteiger partial charge >= 0.3 is 0 Å². The molecule has 0 aliphatic heterocycles. The highest BCUT2D eigenvalue weighted by Gasteiger charge is 2.57. The zero-order valence-electron chi connectivity index (χ0n) is 14.2. The van der Waals surface area contributed by atoms with Crippen molar-refractivity contribution in [1.29, 1.82) is 0 Å². The van der Waals surface area contributed by atoms with Gasteiger partial charge in [-0.2, -0.15) is 0 Å². The Balaban J connectivity index is 1.78. The molecule has 2 fully saturated rings. The molecule has 7 atom stereocenters. The molecule has 4 aliphatic rings. The van der Waals surface area contributed by atoms with E-state index in [0.717, 1.165) is 32.1 Å². The van der Waals surface area contributed by atoms with Crippen LogP contribution in [0, 0.1) is 28.6 Å². The zero-order valence-corrected chi connectivity index (χ0v) is 14.2. The maximum Gasteiger partial charge on any atom is 0.0724 e. The third-order valence-corrected chi connectivity index (χ3v) is 7.89. The summed E-state index contributed by atoms with van der Waals surface area (Å²) in [5.74, 6) is 1.79. The van der Waals surface area contributed by atoms with Crippen LogP contribution in [0.1, 0.15) is 59.3 Å². The maximum atomic E-state index is 10.5. The highest BCUT2D eigenvalue weighted by Crippen LogP contribution is 2.64. The highest BCUT2D eigenvalue weighted by molar-refractivity contribution is 5.35. The van der Waals surface area contributed by atoms with Gasteiger partial charge in [0.2, 0.25) is 0 Å². The monoisotopic (exact) mass is 302 g/mol. The summed E-state index contributed by atoms with van der Waals surface area (Å²) in [5.41, 5.74) is 3.57. The van der Waals surface area contributed by atoms with Crippen molar-refractivity contribution >= 4 is 0 Å². The SMILES string of the molecule is CC1=C2[C@H](CC[C@]3(C)[C@@H](O)CC[C@@H]23)[C@@]2(C)C=C[C@H](O)C[C@H]2C1. The second-order valence-corrected chi connectivity index (χ2v) is 8.91. The van der Waals surface area contributed by atoms with Crippen molar-refractivity contribution in [3.05, 3.63) is 23.3 Å². The fourth-order valence-electron chi connectivity index (χ4n) is 6.43. The Hall–Kier alpha value is -0.600. The fraction of sp³-hybridized carbons (Fsp3) is 0.800. The molecule has 0 aromatic rings. The van der Waals surface area contributed by atoms with Crippen LogP contribution in [-0.4, -0.2) is 22.4 Å². The Labute approximate surface area is 134 Å². The van der Waals surface area contributed by atoms with Gasteiger partial charge in [-0.1, -0.05) is 37.1 Å². The van der Waals surface area contributed by atoms with E-state index in [2.05, 4.69) is 26.8 Å². The van der Waals surface area contributed by atoms with Gasteiger partial charge in [-0.15, -0.1) is 0 Å². The first-order chi connectivity index (χ1) is 10.4. The Morgan fingerprint density at radius 2 is 1.86 bits per heavy atom. The summed E-state index contributed by atoms with van der Waals surface area (Å²) in [6.07, 6.45) is 10.5. The summed E-state index contributed by atoms with van der Waals surface area (Å²) >= 11 is 0. The summed E-state index contributed by atoms with van der Waals surface area (Å²) in [7, 11) is 0. The lowest BCUT2D eigenvalue weighted by Gasteiger charge is -2.56. The number of fused-ring (bicyclic) bond motifs is 5. The van der Waals surface area contributed by atoms with Crippen molar-refractivity contribution in [2.75, 3.05) is 0 Å². The average molecular weight is 302 g/mol. The predicted molar refractivity (Wildman–Crippen MR) is 88.2 cm³/mol. The summed E-state index contributed by atoms with van der Waals surface area (Å²) < 4.78 is 0. The van der Waals surface area contributed by atoms with Gasteiger partial charge in [0.15, 0.2) is 0 Å². The van der Waals surface area contributed by atoms with Crippen LogP contribution in [0.25, 0.3) is 0 Å². The Morgan fingerprint density at radius 1 is 1.09 bits per heavy atom. The molecule has 2 N–H and O–H groups in total. The van der Waals surface area contributed by atoms with Gasteiger partial charge in [-0.25, -0.2) is 0 Å². The average Bonchev–Trinajstić information content (AvgIpc) is 2.77. The molecule has 2 saturated carbocycles. The van der Waals surface area contributed by atoms with Gasteiger partial charge in [-0.3, -0.25) is 0 Å². The second-order valence-electron chi connectivity index (χ2n) is 8.91. The molecule has 122 valence electrons. The van der Waals surface area contributed by atoms with E-state index in [4.69, 9.17) is 0 Å². The summed E-state index contributed by atoms with van der Waals surface area (Å²) in [5, 5.41) is 20.6. The molecule has 0 bridgehead atoms. The van der Waals surface area contributed by atoms with Crippen LogP contribution < -0.4 is 0 Å². The largest absolute Gasteiger partial charge is 0.393 e. The number of hydrogen-bond donors (Lipinski definition) is 2. The van der Waals surface area contributed by atoms with E-state index < -0.39 is 0 Å². The molecule has 0 unspecified atom stereocenters. The molecule has 0 radical (unpaired) electrons. The molecule has 0 amide bonds. The second kappa shape index (κ2) is 4.70. The Bertz CT molecular complexity index is 548. The molecular formula is C20H30O2. The minimum Gasteiger partial charge on any atom is -0.393 e. The molecule has 0 saturated heterocycles. The van der Waals surface area contributed by atoms with Crippen molar-refractivity contribution in [3.63, 3.8) is 0 Å². The predicted octanol–water partition coefficient (Wildman–Crippen LogP) is 3.84. The minimum absolute atomic E-state index is 0.105. The lowest BCUT2D eigenvalue weighted by atomic mass is 9.48. The highest BCUT2D eigenvalue weighted by atomic mass is 16.3. The van der Waals surface area contributed by atoms with Crippen molar-refractivity contribution in [1.82, 2.24) is 0 Å². The first-order valence-corrected chi connectivity index (χ1v) is 9.11. The van der Waals surface area contributed by atoms with Crippen LogP contribution in [-0.2, 0) is 0 Å². The van der Waals surface area contributed by atoms with Gasteiger partial charge in [0.1, 0.15) is 0 Å². The molecular weight excluding hydrogens is 272 g/mol. The molecule has 22 heavy (non-hydrogen) atoms. The van der Waals surface area contributed by atoms with Crippen molar-refractivity contribution in [2.24, 2.45) is 28.6 Å². The molecule has 2 heteroatoms. The Morgan fingerprint density at radius 3 is 2.64 bits per heavy atom. The standard InChI is InChI=1S/C20H30O2/c1-12-10-13-11-14(21)6-8-19(13,2)16-7-9-20(3)15(18(12)16)4-5-17(20)22/h6,8,13-17,21-22H,4-5,7,9-11H2,1-3H3/t13-,14+,15+,16+,17+,19+,20+/m1/s1. The lowest BCUT2D eigenvalue weighted by molar-refractivity contribution is -0.00912. The van der Waals surface area contributed by atoms with E-state index in [1.807, 2.05) is 6.08 Å². The summed E-state index contributed by atoms with van der Waals surface area (Å²) in [6, 6.07) is 0. The van der Waals surface area contributed by atoms with Gasteiger partial charge in [0.25, 0.3) is 0 Å². The third-order valence-electron chi connectivity index (χ3n) is 7.89.